The van der Waals surface area contributed by atoms with Crippen LogP contribution in [-0.4, -0.2) is 17.0 Å². The van der Waals surface area contributed by atoms with E-state index in [2.05, 4.69) is 4.98 Å². The number of nitrogens with two attached hydrogens (primary N) is 1. The molecular weight excluding hydrogens is 140 g/mol. The monoisotopic (exact) mass is 148 g/mol. The third-order valence-electron chi connectivity index (χ3n) is 1.19. The van der Waals surface area contributed by atoms with Gasteiger partial charge in [-0.25, -0.2) is 4.98 Å². The van der Waals surface area contributed by atoms with Crippen LogP contribution in [0.5, 0.6) is 0 Å². The van der Waals surface area contributed by atoms with Crippen molar-refractivity contribution in [2.45, 2.75) is 0 Å². The summed E-state index contributed by atoms with van der Waals surface area (Å²) in [7, 11) is 0. The Labute approximate surface area is 64.1 Å². The molecule has 0 unspecified atom stereocenters. The van der Waals surface area contributed by atoms with Crippen LogP contribution >= 0.6 is 0 Å². The fourth-order valence-electron chi connectivity index (χ4n) is 0.682. The highest BCUT2D eigenvalue weighted by Crippen LogP contribution is 1.95. The summed E-state index contributed by atoms with van der Waals surface area (Å²) in [6, 6.07) is 5.03. The molecule has 0 spiro atoms. The maximum atomic E-state index is 7.05. The van der Waals surface area contributed by atoms with Gasteiger partial charge in [-0.2, -0.15) is 0 Å². The lowest BCUT2D eigenvalue weighted by molar-refractivity contribution is 1.23. The third kappa shape index (κ3) is 1.61. The van der Waals surface area contributed by atoms with Crippen LogP contribution in [0.1, 0.15) is 11.4 Å². The van der Waals surface area contributed by atoms with E-state index in [1.165, 1.54) is 0 Å². The molecule has 0 aliphatic carbocycles. The van der Waals surface area contributed by atoms with Crippen molar-refractivity contribution in [2.24, 2.45) is 5.73 Å². The van der Waals surface area contributed by atoms with Crippen molar-refractivity contribution in [3.05, 3.63) is 29.6 Å². The molecule has 0 saturated heterocycles. The first-order chi connectivity index (χ1) is 5.24. The number of nitrogen functional groups attached to an aromatic ring is 1. The predicted molar refractivity (Wildman–Crippen MR) is 43.1 cm³/mol. The summed E-state index contributed by atoms with van der Waals surface area (Å²) in [5, 5.41) is 13.9. The summed E-state index contributed by atoms with van der Waals surface area (Å²) in [6.07, 6.45) is 1.12. The Hall–Kier alpha value is -1.71. The molecule has 0 atom stereocenters. The number of nitrogens with zero attached hydrogens (tertiary/aromatic N) is 1. The highest BCUT2D eigenvalue weighted by Gasteiger charge is 1.96. The van der Waals surface area contributed by atoms with Crippen molar-refractivity contribution in [3.8, 4) is 0 Å². The molecule has 4 nitrogen and oxygen atoms in total. The largest absolute Gasteiger partial charge is 0.382 e. The fraction of sp³-hybridized carbons (Fsp3) is 0. The Kier molecular flexibility index (Phi) is 1.96. The zero-order valence-corrected chi connectivity index (χ0v) is 5.83. The number of rotatable bonds is 2. The van der Waals surface area contributed by atoms with Gasteiger partial charge in [-0.3, -0.25) is 5.41 Å². The summed E-state index contributed by atoms with van der Waals surface area (Å²) in [5.41, 5.74) is 6.10. The number of hydrogen-bond acceptors (Lipinski definition) is 3. The molecule has 1 heterocycles. The minimum atomic E-state index is -0.0753. The highest BCUT2D eigenvalue weighted by atomic mass is 14.8. The third-order valence-corrected chi connectivity index (χ3v) is 1.19. The predicted octanol–water partition coefficient (Wildman–Crippen LogP) is 0.363. The standard InChI is InChI=1S/C7H8N4/c8-4-5-2-1-3-6(11-5)7(9)10/h1-4,8H,(H3,9,10). The minimum Gasteiger partial charge on any atom is -0.382 e. The van der Waals surface area contributed by atoms with Gasteiger partial charge < -0.3 is 11.1 Å². The number of amidine groups is 1. The minimum absolute atomic E-state index is 0.0753. The van der Waals surface area contributed by atoms with E-state index in [9.17, 15) is 0 Å². The van der Waals surface area contributed by atoms with Crippen molar-refractivity contribution in [3.63, 3.8) is 0 Å². The van der Waals surface area contributed by atoms with Crippen LogP contribution in [0.25, 0.3) is 0 Å². The van der Waals surface area contributed by atoms with Gasteiger partial charge in [0.2, 0.25) is 0 Å². The maximum absolute atomic E-state index is 7.05. The number of pyridine rings is 1. The van der Waals surface area contributed by atoms with E-state index in [4.69, 9.17) is 16.6 Å². The van der Waals surface area contributed by atoms with Crippen molar-refractivity contribution in [2.75, 3.05) is 0 Å². The molecule has 4 heteroatoms. The molecule has 0 bridgehead atoms. The van der Waals surface area contributed by atoms with Gasteiger partial charge in [0.15, 0.2) is 0 Å². The first-order valence-electron chi connectivity index (χ1n) is 3.06. The van der Waals surface area contributed by atoms with E-state index in [0.717, 1.165) is 6.21 Å². The zero-order chi connectivity index (χ0) is 8.27. The summed E-state index contributed by atoms with van der Waals surface area (Å²) in [4.78, 5) is 3.90. The molecule has 1 aromatic rings. The molecule has 0 fully saturated rings. The zero-order valence-electron chi connectivity index (χ0n) is 5.83. The van der Waals surface area contributed by atoms with Crippen molar-refractivity contribution in [1.82, 2.24) is 4.98 Å². The molecule has 1 rings (SSSR count). The Morgan fingerprint density at radius 1 is 1.55 bits per heavy atom. The molecule has 0 saturated carbocycles. The van der Waals surface area contributed by atoms with Gasteiger partial charge in [0.1, 0.15) is 11.5 Å². The smallest absolute Gasteiger partial charge is 0.141 e. The fourth-order valence-corrected chi connectivity index (χ4v) is 0.682. The first-order valence-corrected chi connectivity index (χ1v) is 3.06. The van der Waals surface area contributed by atoms with E-state index in [0.29, 0.717) is 11.4 Å². The molecule has 11 heavy (non-hydrogen) atoms. The first kappa shape index (κ1) is 7.40. The summed E-state index contributed by atoms with van der Waals surface area (Å²) < 4.78 is 0. The molecule has 0 amide bonds. The van der Waals surface area contributed by atoms with Crippen molar-refractivity contribution < 1.29 is 0 Å². The second-order valence-corrected chi connectivity index (χ2v) is 2.01. The number of nitrogens with one attached hydrogen (secondary N) is 2. The molecule has 4 N–H and O–H groups in total. The van der Waals surface area contributed by atoms with Gasteiger partial charge in [-0.05, 0) is 12.1 Å². The number of aromatic nitrogens is 1. The summed E-state index contributed by atoms with van der Waals surface area (Å²) in [5.74, 6) is -0.0753. The van der Waals surface area contributed by atoms with Crippen LogP contribution in [0.3, 0.4) is 0 Å². The van der Waals surface area contributed by atoms with Crippen molar-refractivity contribution in [1.29, 1.82) is 10.8 Å². The van der Waals surface area contributed by atoms with Gasteiger partial charge in [0.25, 0.3) is 0 Å². The Bertz CT molecular complexity index is 292. The molecule has 0 radical (unpaired) electrons. The van der Waals surface area contributed by atoms with Gasteiger partial charge >= 0.3 is 0 Å². The van der Waals surface area contributed by atoms with Crippen LogP contribution in [-0.2, 0) is 0 Å². The Morgan fingerprint density at radius 3 is 2.82 bits per heavy atom. The van der Waals surface area contributed by atoms with Gasteiger partial charge in [-0.1, -0.05) is 6.07 Å². The summed E-state index contributed by atoms with van der Waals surface area (Å²) >= 11 is 0. The van der Waals surface area contributed by atoms with Gasteiger partial charge in [0.05, 0.1) is 5.69 Å². The quantitative estimate of drug-likeness (QED) is 0.418. The molecule has 56 valence electrons. The Morgan fingerprint density at radius 2 is 2.27 bits per heavy atom. The average molecular weight is 148 g/mol. The van der Waals surface area contributed by atoms with Crippen LogP contribution in [0, 0.1) is 10.8 Å². The van der Waals surface area contributed by atoms with E-state index in [1.54, 1.807) is 18.2 Å². The topological polar surface area (TPSA) is 86.6 Å². The van der Waals surface area contributed by atoms with E-state index >= 15 is 0 Å². The highest BCUT2D eigenvalue weighted by molar-refractivity contribution is 5.93. The van der Waals surface area contributed by atoms with Crippen LogP contribution in [0.15, 0.2) is 18.2 Å². The van der Waals surface area contributed by atoms with E-state index in [-0.39, 0.29) is 5.84 Å². The molecule has 0 aliphatic rings. The second kappa shape index (κ2) is 2.92. The van der Waals surface area contributed by atoms with E-state index < -0.39 is 0 Å². The van der Waals surface area contributed by atoms with Crippen LogP contribution < -0.4 is 5.73 Å². The number of hydrogen-bond donors (Lipinski definition) is 3. The molecular formula is C7H8N4. The molecule has 0 aromatic carbocycles. The SMILES string of the molecule is N=Cc1cccc(C(=N)N)n1. The van der Waals surface area contributed by atoms with E-state index in [1.807, 2.05) is 0 Å². The second-order valence-electron chi connectivity index (χ2n) is 2.01. The maximum Gasteiger partial charge on any atom is 0.141 e. The molecule has 0 aliphatic heterocycles. The Balaban J connectivity index is 3.10. The lowest BCUT2D eigenvalue weighted by Crippen LogP contribution is -2.13. The van der Waals surface area contributed by atoms with Crippen LogP contribution in [0.2, 0.25) is 0 Å². The lowest BCUT2D eigenvalue weighted by Gasteiger charge is -1.96. The van der Waals surface area contributed by atoms with Crippen LogP contribution in [0.4, 0.5) is 0 Å². The normalized spacial score (nSPS) is 9.09. The lowest BCUT2D eigenvalue weighted by atomic mass is 10.3. The van der Waals surface area contributed by atoms with Crippen molar-refractivity contribution >= 4 is 12.1 Å². The average Bonchev–Trinajstić information content (AvgIpc) is 2.05. The summed E-state index contributed by atoms with van der Waals surface area (Å²) in [6.45, 7) is 0. The van der Waals surface area contributed by atoms with Gasteiger partial charge in [-0.15, -0.1) is 0 Å². The molecule has 1 aromatic heterocycles. The van der Waals surface area contributed by atoms with Gasteiger partial charge in [0, 0.05) is 6.21 Å².